The summed E-state index contributed by atoms with van der Waals surface area (Å²) in [7, 11) is 1.54. The molecule has 3 N–H and O–H groups in total. The Labute approximate surface area is 362 Å². The number of unbranched alkanes of at least 4 members (excludes halogenated alkanes) is 1. The minimum atomic E-state index is -0.770. The molecule has 3 aromatic rings. The van der Waals surface area contributed by atoms with Crippen LogP contribution in [0.4, 0.5) is 17.2 Å². The number of aryl methyl sites for hydroxylation is 1. The van der Waals surface area contributed by atoms with Crippen molar-refractivity contribution < 1.29 is 38.2 Å². The van der Waals surface area contributed by atoms with E-state index in [0.29, 0.717) is 66.4 Å². The topological polar surface area (TPSA) is 198 Å². The van der Waals surface area contributed by atoms with Crippen LogP contribution in [0.5, 0.6) is 11.5 Å². The number of ketones is 2. The summed E-state index contributed by atoms with van der Waals surface area (Å²) in [6.07, 6.45) is 8.83. The molecule has 0 unspecified atom stereocenters. The number of nitrogens with zero attached hydrogens (tertiary/aromatic N) is 4. The molecule has 2 aliphatic rings. The van der Waals surface area contributed by atoms with Gasteiger partial charge in [0.15, 0.2) is 23.1 Å². The number of carbonyl (C=O) groups excluding carboxylic acids is 6. The minimum absolute atomic E-state index is 0.0655. The zero-order valence-electron chi connectivity index (χ0n) is 36.0. The lowest BCUT2D eigenvalue weighted by atomic mass is 9.92. The summed E-state index contributed by atoms with van der Waals surface area (Å²) < 4.78 is 11.3. The molecule has 0 radical (unpaired) electrons. The molecule has 15 heteroatoms. The monoisotopic (exact) mass is 845 g/mol. The highest BCUT2D eigenvalue weighted by Crippen LogP contribution is 2.40. The Hall–Kier alpha value is -6.77. The second-order valence-electron chi connectivity index (χ2n) is 15.6. The van der Waals surface area contributed by atoms with Gasteiger partial charge in [-0.3, -0.25) is 33.8 Å². The number of methoxy groups -OCH3 is 1. The normalized spacial score (nSPS) is 15.0. The van der Waals surface area contributed by atoms with Crippen molar-refractivity contribution in [1.82, 2.24) is 20.2 Å². The predicted molar refractivity (Wildman–Crippen MR) is 237 cm³/mol. The lowest BCUT2D eigenvalue weighted by molar-refractivity contribution is -0.130. The van der Waals surface area contributed by atoms with Crippen LogP contribution in [0.25, 0.3) is 5.57 Å². The lowest BCUT2D eigenvalue weighted by Gasteiger charge is -2.23. The van der Waals surface area contributed by atoms with Gasteiger partial charge in [0.1, 0.15) is 11.6 Å². The molecule has 0 aliphatic carbocycles. The van der Waals surface area contributed by atoms with Gasteiger partial charge in [-0.25, -0.2) is 9.97 Å². The molecule has 0 spiro atoms. The molecule has 0 bridgehead atoms. The van der Waals surface area contributed by atoms with E-state index in [0.717, 1.165) is 23.6 Å². The van der Waals surface area contributed by atoms with Crippen LogP contribution < -0.4 is 25.4 Å². The number of aliphatic imine (C=N–C) groups is 1. The number of anilines is 2. The molecule has 4 amide bonds. The van der Waals surface area contributed by atoms with Gasteiger partial charge in [0.25, 0.3) is 5.91 Å². The van der Waals surface area contributed by atoms with Crippen LogP contribution in [0.15, 0.2) is 79.0 Å². The summed E-state index contributed by atoms with van der Waals surface area (Å²) in [5.41, 5.74) is 3.93. The van der Waals surface area contributed by atoms with Gasteiger partial charge in [-0.05, 0) is 73.1 Å². The number of ether oxygens (including phenoxy) is 2. The fraction of sp³-hybridized carbons (Fsp3) is 0.383. The quantitative estimate of drug-likeness (QED) is 0.0718. The third-order valence-electron chi connectivity index (χ3n) is 10.4. The van der Waals surface area contributed by atoms with Gasteiger partial charge in [-0.2, -0.15) is 0 Å². The molecular weight excluding hydrogens is 791 g/mol. The molecule has 0 saturated carbocycles. The van der Waals surface area contributed by atoms with E-state index in [1.807, 2.05) is 39.1 Å². The molecule has 0 fully saturated rings. The van der Waals surface area contributed by atoms with Crippen molar-refractivity contribution >= 4 is 64.2 Å². The summed E-state index contributed by atoms with van der Waals surface area (Å²) in [5, 5.41) is 8.35. The van der Waals surface area contributed by atoms with E-state index in [1.165, 1.54) is 13.2 Å². The Morgan fingerprint density at radius 1 is 0.968 bits per heavy atom. The van der Waals surface area contributed by atoms with E-state index in [1.54, 1.807) is 48.4 Å². The number of amides is 4. The van der Waals surface area contributed by atoms with E-state index in [2.05, 4.69) is 44.1 Å². The SMILES string of the molecule is C=CC(=O)Cc1nc(CCCCC(=O)N[C@H](C(=O)C[C@@H](C)C(=O)Nc2ccc(C3=CN4C(=O)c5cc(OC)c(OCCC)cc5N=C[C@@H]4C3)cc2)C(C)C)cc(NC(=O)C=C)n1. The molecule has 2 aromatic carbocycles. The lowest BCUT2D eigenvalue weighted by Crippen LogP contribution is -2.45. The minimum Gasteiger partial charge on any atom is -0.493 e. The molecule has 3 heterocycles. The van der Waals surface area contributed by atoms with Crippen molar-refractivity contribution in [3.05, 3.63) is 96.6 Å². The maximum absolute atomic E-state index is 13.7. The number of carbonyl (C=O) groups is 6. The summed E-state index contributed by atoms with van der Waals surface area (Å²) in [6.45, 7) is 14.8. The summed E-state index contributed by atoms with van der Waals surface area (Å²) in [5.74, 6) is -1.15. The number of hydrogen-bond acceptors (Lipinski definition) is 11. The Kier molecular flexibility index (Phi) is 16.2. The molecular formula is C47H55N7O8. The second-order valence-corrected chi connectivity index (χ2v) is 15.6. The second kappa shape index (κ2) is 21.7. The zero-order chi connectivity index (χ0) is 44.9. The van der Waals surface area contributed by atoms with Crippen molar-refractivity contribution in [3.63, 3.8) is 0 Å². The summed E-state index contributed by atoms with van der Waals surface area (Å²) >= 11 is 0. The Morgan fingerprint density at radius 3 is 2.40 bits per heavy atom. The Morgan fingerprint density at radius 2 is 1.73 bits per heavy atom. The van der Waals surface area contributed by atoms with Crippen LogP contribution in [-0.4, -0.2) is 82.1 Å². The van der Waals surface area contributed by atoms with Gasteiger partial charge in [0.2, 0.25) is 17.7 Å². The van der Waals surface area contributed by atoms with Crippen LogP contribution in [0.3, 0.4) is 0 Å². The third kappa shape index (κ3) is 12.2. The molecule has 326 valence electrons. The van der Waals surface area contributed by atoms with Crippen molar-refractivity contribution in [2.24, 2.45) is 16.8 Å². The van der Waals surface area contributed by atoms with E-state index in [4.69, 9.17) is 9.47 Å². The fourth-order valence-corrected chi connectivity index (χ4v) is 7.02. The average Bonchev–Trinajstić information content (AvgIpc) is 3.64. The zero-order valence-corrected chi connectivity index (χ0v) is 36.0. The number of Topliss-reactive ketones (excluding diaryl/α,β-unsaturated/α-hetero) is 1. The fourth-order valence-electron chi connectivity index (χ4n) is 7.02. The summed E-state index contributed by atoms with van der Waals surface area (Å²) in [6, 6.07) is 11.3. The first-order valence-corrected chi connectivity index (χ1v) is 20.8. The van der Waals surface area contributed by atoms with E-state index >= 15 is 0 Å². The third-order valence-corrected chi connectivity index (χ3v) is 10.4. The standard InChI is InChI=1S/C47H55N7O8/c1-8-19-62-40-25-37-36(24-39(40)61-7)47(60)54-27-31(21-34(54)26-48-37)30-15-17-32(18-16-30)50-46(59)29(6)20-38(56)45(28(4)5)53-44(58)14-12-11-13-33-22-41(52-43(57)10-3)51-42(49-33)23-35(55)9-2/h9-10,15-18,22,24-29,34,45H,2-3,8,11-14,19-21,23H2,1,4-7H3,(H,50,59)(H,53,58)(H,49,51,52,57)/t29-,34+,45+/m1/s1. The molecule has 5 rings (SSSR count). The van der Waals surface area contributed by atoms with Crippen LogP contribution in [0, 0.1) is 11.8 Å². The number of fused-ring (bicyclic) bond motifs is 2. The summed E-state index contributed by atoms with van der Waals surface area (Å²) in [4.78, 5) is 92.1. The van der Waals surface area contributed by atoms with Gasteiger partial charge >= 0.3 is 0 Å². The number of allylic oxidation sites excluding steroid dienone is 1. The Balaban J connectivity index is 1.11. The average molecular weight is 846 g/mol. The first-order valence-electron chi connectivity index (χ1n) is 20.8. The number of hydrogen-bond donors (Lipinski definition) is 3. The van der Waals surface area contributed by atoms with Crippen LogP contribution in [0.2, 0.25) is 0 Å². The van der Waals surface area contributed by atoms with Crippen LogP contribution >= 0.6 is 0 Å². The van der Waals surface area contributed by atoms with E-state index in [-0.39, 0.29) is 72.2 Å². The molecule has 15 nitrogen and oxygen atoms in total. The number of rotatable bonds is 22. The maximum Gasteiger partial charge on any atom is 0.260 e. The van der Waals surface area contributed by atoms with Gasteiger partial charge in [0.05, 0.1) is 43.5 Å². The molecule has 62 heavy (non-hydrogen) atoms. The number of aromatic nitrogens is 2. The highest BCUT2D eigenvalue weighted by Gasteiger charge is 2.34. The van der Waals surface area contributed by atoms with E-state index < -0.39 is 17.9 Å². The number of nitrogens with one attached hydrogen (secondary N) is 3. The molecule has 2 aliphatic heterocycles. The van der Waals surface area contributed by atoms with Gasteiger partial charge < -0.3 is 30.3 Å². The van der Waals surface area contributed by atoms with Gasteiger partial charge in [-0.1, -0.05) is 53.0 Å². The highest BCUT2D eigenvalue weighted by molar-refractivity contribution is 6.05. The van der Waals surface area contributed by atoms with Gasteiger partial charge in [0, 0.05) is 61.1 Å². The van der Waals surface area contributed by atoms with Crippen molar-refractivity contribution in [2.75, 3.05) is 24.4 Å². The first-order chi connectivity index (χ1) is 29.7. The molecule has 0 saturated heterocycles. The highest BCUT2D eigenvalue weighted by atomic mass is 16.5. The van der Waals surface area contributed by atoms with Gasteiger partial charge in [-0.15, -0.1) is 0 Å². The largest absolute Gasteiger partial charge is 0.493 e. The Bertz CT molecular complexity index is 2230. The smallest absolute Gasteiger partial charge is 0.260 e. The predicted octanol–water partition coefficient (Wildman–Crippen LogP) is 6.76. The number of benzene rings is 2. The maximum atomic E-state index is 13.7. The molecule has 3 atom stereocenters. The van der Waals surface area contributed by atoms with Crippen LogP contribution in [-0.2, 0) is 36.8 Å². The molecule has 1 aromatic heterocycles. The van der Waals surface area contributed by atoms with Crippen molar-refractivity contribution in [2.45, 2.75) is 91.1 Å². The van der Waals surface area contributed by atoms with Crippen molar-refractivity contribution in [3.8, 4) is 11.5 Å². The van der Waals surface area contributed by atoms with Crippen molar-refractivity contribution in [1.29, 1.82) is 0 Å². The van der Waals surface area contributed by atoms with Crippen LogP contribution in [0.1, 0.15) is 93.7 Å². The first kappa shape index (κ1) is 46.3. The van der Waals surface area contributed by atoms with E-state index in [9.17, 15) is 28.8 Å².